The zero-order chi connectivity index (χ0) is 29.7. The second-order valence-corrected chi connectivity index (χ2v) is 11.1. The number of nitrogens with one attached hydrogen (secondary N) is 1. The van der Waals surface area contributed by atoms with E-state index >= 15 is 0 Å². The van der Waals surface area contributed by atoms with Crippen molar-refractivity contribution in [2.45, 2.75) is 50.8 Å². The van der Waals surface area contributed by atoms with Gasteiger partial charge in [0.15, 0.2) is 0 Å². The molecule has 7 heteroatoms. The van der Waals surface area contributed by atoms with Gasteiger partial charge in [-0.3, -0.25) is 0 Å². The topological polar surface area (TPSA) is 89.4 Å². The summed E-state index contributed by atoms with van der Waals surface area (Å²) in [6.07, 6.45) is 1.06. The molecule has 7 nitrogen and oxygen atoms in total. The van der Waals surface area contributed by atoms with Crippen LogP contribution in [0.2, 0.25) is 0 Å². The van der Waals surface area contributed by atoms with Crippen LogP contribution in [0.4, 0.5) is 0 Å². The minimum Gasteiger partial charge on any atom is -0.494 e. The molecule has 0 aromatic heterocycles. The predicted molar refractivity (Wildman–Crippen MR) is 168 cm³/mol. The first-order valence-electron chi connectivity index (χ1n) is 15.2. The summed E-state index contributed by atoms with van der Waals surface area (Å²) < 4.78 is 23.9. The number of fused-ring (bicyclic) bond motifs is 1. The van der Waals surface area contributed by atoms with Gasteiger partial charge in [-0.2, -0.15) is 0 Å². The molecule has 0 radical (unpaired) electrons. The van der Waals surface area contributed by atoms with E-state index in [1.165, 1.54) is 11.1 Å². The van der Waals surface area contributed by atoms with Crippen LogP contribution in [0.3, 0.4) is 0 Å². The van der Waals surface area contributed by atoms with Crippen molar-refractivity contribution in [1.82, 2.24) is 5.32 Å². The van der Waals surface area contributed by atoms with E-state index in [9.17, 15) is 5.11 Å². The first-order chi connectivity index (χ1) is 21.2. The molecule has 4 aromatic carbocycles. The number of aliphatic hydroxyl groups is 2. The van der Waals surface area contributed by atoms with E-state index in [0.29, 0.717) is 39.0 Å². The number of hydrogen-bond donors (Lipinski definition) is 3. The van der Waals surface area contributed by atoms with Gasteiger partial charge in [-0.15, -0.1) is 0 Å². The van der Waals surface area contributed by atoms with Crippen LogP contribution in [0.5, 0.6) is 5.75 Å². The lowest BCUT2D eigenvalue weighted by Gasteiger charge is -2.32. The third-order valence-electron chi connectivity index (χ3n) is 7.83. The molecule has 228 valence electrons. The average Bonchev–Trinajstić information content (AvgIpc) is 3.06. The SMILES string of the molecule is OC[C@H](O)COCc1cccc2ccc(CO[C@H]3CNCC[C@@H]3c3ccc(OCCCOCc4ccccc4)cc3)cc12. The highest BCUT2D eigenvalue weighted by molar-refractivity contribution is 5.86. The highest BCUT2D eigenvalue weighted by Crippen LogP contribution is 2.30. The Balaban J connectivity index is 1.11. The van der Waals surface area contributed by atoms with E-state index < -0.39 is 6.10 Å². The van der Waals surface area contributed by atoms with Gasteiger partial charge < -0.3 is 34.5 Å². The molecule has 3 N–H and O–H groups in total. The Kier molecular flexibility index (Phi) is 12.0. The van der Waals surface area contributed by atoms with Gasteiger partial charge in [0.1, 0.15) is 11.9 Å². The highest BCUT2D eigenvalue weighted by atomic mass is 16.5. The van der Waals surface area contributed by atoms with Gasteiger partial charge in [-0.05, 0) is 64.2 Å². The number of rotatable bonds is 16. The summed E-state index contributed by atoms with van der Waals surface area (Å²) in [5, 5.41) is 24.4. The summed E-state index contributed by atoms with van der Waals surface area (Å²) in [5.41, 5.74) is 4.61. The van der Waals surface area contributed by atoms with E-state index in [-0.39, 0.29) is 19.3 Å². The molecular weight excluding hydrogens is 542 g/mol. The van der Waals surface area contributed by atoms with Crippen LogP contribution in [0.1, 0.15) is 41.0 Å². The van der Waals surface area contributed by atoms with E-state index in [1.807, 2.05) is 30.3 Å². The van der Waals surface area contributed by atoms with Crippen molar-refractivity contribution in [1.29, 1.82) is 0 Å². The second kappa shape index (κ2) is 16.5. The van der Waals surface area contributed by atoms with Crippen LogP contribution in [-0.2, 0) is 34.0 Å². The Morgan fingerprint density at radius 2 is 1.67 bits per heavy atom. The fraction of sp³-hybridized carbons (Fsp3) is 0.389. The second-order valence-electron chi connectivity index (χ2n) is 11.1. The zero-order valence-electron chi connectivity index (χ0n) is 24.7. The van der Waals surface area contributed by atoms with Gasteiger partial charge in [-0.25, -0.2) is 0 Å². The number of piperidine rings is 1. The molecule has 1 fully saturated rings. The lowest BCUT2D eigenvalue weighted by Crippen LogP contribution is -2.40. The zero-order valence-corrected chi connectivity index (χ0v) is 24.7. The van der Waals surface area contributed by atoms with Gasteiger partial charge in [0.2, 0.25) is 0 Å². The molecule has 0 unspecified atom stereocenters. The van der Waals surface area contributed by atoms with E-state index in [1.54, 1.807) is 0 Å². The van der Waals surface area contributed by atoms with Crippen LogP contribution in [0.25, 0.3) is 10.8 Å². The molecule has 1 heterocycles. The first kappa shape index (κ1) is 31.1. The molecule has 0 aliphatic carbocycles. The predicted octanol–water partition coefficient (Wildman–Crippen LogP) is 5.36. The van der Waals surface area contributed by atoms with Crippen LogP contribution in [-0.4, -0.2) is 61.9 Å². The van der Waals surface area contributed by atoms with Crippen LogP contribution < -0.4 is 10.1 Å². The maximum absolute atomic E-state index is 9.59. The molecule has 0 saturated carbocycles. The van der Waals surface area contributed by atoms with E-state index in [2.05, 4.69) is 66.0 Å². The molecular formula is C36H43NO6. The Morgan fingerprint density at radius 1 is 0.814 bits per heavy atom. The minimum absolute atomic E-state index is 0.0662. The fourth-order valence-corrected chi connectivity index (χ4v) is 5.47. The quantitative estimate of drug-likeness (QED) is 0.153. The Hall–Kier alpha value is -3.30. The molecule has 1 saturated heterocycles. The molecule has 0 spiro atoms. The van der Waals surface area contributed by atoms with Gasteiger partial charge in [-0.1, -0.05) is 72.8 Å². The van der Waals surface area contributed by atoms with Gasteiger partial charge in [0.05, 0.1) is 52.4 Å². The third kappa shape index (κ3) is 9.34. The summed E-state index contributed by atoms with van der Waals surface area (Å²) in [6, 6.07) is 31.2. The molecule has 1 aliphatic heterocycles. The molecule has 4 aromatic rings. The Labute approximate surface area is 254 Å². The molecule has 0 amide bonds. The lowest BCUT2D eigenvalue weighted by atomic mass is 9.87. The van der Waals surface area contributed by atoms with Crippen molar-refractivity contribution in [3.05, 3.63) is 113 Å². The van der Waals surface area contributed by atoms with Gasteiger partial charge in [0, 0.05) is 18.9 Å². The molecule has 1 aliphatic rings. The standard InChI is InChI=1S/C36H43NO6/c38-22-32(39)26-41-25-31-9-4-8-29-11-10-28(20-35(29)31)24-43-36-21-37-17-16-34(36)30-12-14-33(15-13-30)42-19-5-18-40-23-27-6-2-1-3-7-27/h1-4,6-15,20,32,34,36-39H,5,16-19,21-26H2/t32-,34+,36-/m0/s1. The number of ether oxygens (including phenoxy) is 4. The van der Waals surface area contributed by atoms with Crippen molar-refractivity contribution in [3.8, 4) is 5.75 Å². The summed E-state index contributed by atoms with van der Waals surface area (Å²) >= 11 is 0. The summed E-state index contributed by atoms with van der Waals surface area (Å²) in [5.74, 6) is 1.18. The van der Waals surface area contributed by atoms with E-state index in [4.69, 9.17) is 24.1 Å². The third-order valence-corrected chi connectivity index (χ3v) is 7.83. The van der Waals surface area contributed by atoms with E-state index in [0.717, 1.165) is 53.6 Å². The molecule has 0 bridgehead atoms. The fourth-order valence-electron chi connectivity index (χ4n) is 5.47. The number of aliphatic hydroxyl groups excluding tert-OH is 2. The maximum Gasteiger partial charge on any atom is 0.119 e. The van der Waals surface area contributed by atoms with Crippen molar-refractivity contribution >= 4 is 10.8 Å². The van der Waals surface area contributed by atoms with Crippen molar-refractivity contribution in [3.63, 3.8) is 0 Å². The van der Waals surface area contributed by atoms with Gasteiger partial charge in [0.25, 0.3) is 0 Å². The summed E-state index contributed by atoms with van der Waals surface area (Å²) in [4.78, 5) is 0. The van der Waals surface area contributed by atoms with Gasteiger partial charge >= 0.3 is 0 Å². The van der Waals surface area contributed by atoms with Crippen molar-refractivity contribution in [2.24, 2.45) is 0 Å². The Morgan fingerprint density at radius 3 is 2.51 bits per heavy atom. The van der Waals surface area contributed by atoms with Crippen LogP contribution >= 0.6 is 0 Å². The largest absolute Gasteiger partial charge is 0.494 e. The molecule has 5 rings (SSSR count). The number of hydrogen-bond acceptors (Lipinski definition) is 7. The van der Waals surface area contributed by atoms with Crippen molar-refractivity contribution < 1.29 is 29.2 Å². The lowest BCUT2D eigenvalue weighted by molar-refractivity contribution is 0.000299. The average molecular weight is 586 g/mol. The maximum atomic E-state index is 9.59. The normalized spacial score (nSPS) is 17.6. The van der Waals surface area contributed by atoms with Crippen LogP contribution in [0, 0.1) is 0 Å². The first-order valence-corrected chi connectivity index (χ1v) is 15.2. The Bertz CT molecular complexity index is 1380. The molecule has 3 atom stereocenters. The smallest absolute Gasteiger partial charge is 0.119 e. The summed E-state index contributed by atoms with van der Waals surface area (Å²) in [6.45, 7) is 4.38. The summed E-state index contributed by atoms with van der Waals surface area (Å²) in [7, 11) is 0. The van der Waals surface area contributed by atoms with Crippen molar-refractivity contribution in [2.75, 3.05) is 39.5 Å². The van der Waals surface area contributed by atoms with Crippen LogP contribution in [0.15, 0.2) is 91.0 Å². The molecule has 43 heavy (non-hydrogen) atoms. The highest BCUT2D eigenvalue weighted by Gasteiger charge is 2.27. The number of benzene rings is 4. The minimum atomic E-state index is -0.866. The monoisotopic (exact) mass is 585 g/mol.